The first-order chi connectivity index (χ1) is 9.55. The van der Waals surface area contributed by atoms with E-state index in [4.69, 9.17) is 9.47 Å². The van der Waals surface area contributed by atoms with E-state index in [-0.39, 0.29) is 0 Å². The van der Waals surface area contributed by atoms with Gasteiger partial charge < -0.3 is 9.47 Å². The molecule has 6 heteroatoms. The van der Waals surface area contributed by atoms with E-state index in [0.29, 0.717) is 17.3 Å². The Kier molecular flexibility index (Phi) is 4.77. The summed E-state index contributed by atoms with van der Waals surface area (Å²) >= 11 is 1.57. The van der Waals surface area contributed by atoms with E-state index in [2.05, 4.69) is 4.98 Å². The van der Waals surface area contributed by atoms with Crippen molar-refractivity contribution >= 4 is 22.1 Å². The van der Waals surface area contributed by atoms with Crippen LogP contribution in [-0.4, -0.2) is 23.4 Å². The number of benzene rings is 1. The van der Waals surface area contributed by atoms with Gasteiger partial charge in [0.2, 0.25) is 0 Å². The third-order valence-corrected chi connectivity index (χ3v) is 5.47. The smallest absolute Gasteiger partial charge is 0.161 e. The highest BCUT2D eigenvalue weighted by molar-refractivity contribution is 7.84. The molecule has 0 radical (unpaired) electrons. The molecule has 0 unspecified atom stereocenters. The summed E-state index contributed by atoms with van der Waals surface area (Å²) in [4.78, 5) is 5.98. The Hall–Kier alpha value is -1.40. The highest BCUT2D eigenvalue weighted by atomic mass is 32.2. The molecular weight excluding hydrogens is 294 g/mol. The van der Waals surface area contributed by atoms with Crippen molar-refractivity contribution in [2.24, 2.45) is 0 Å². The average Bonchev–Trinajstić information content (AvgIpc) is 2.83. The van der Waals surface area contributed by atoms with Crippen molar-refractivity contribution in [3.8, 4) is 11.5 Å². The Morgan fingerprint density at radius 1 is 1.20 bits per heavy atom. The Bertz CT molecular complexity index is 637. The zero-order chi connectivity index (χ0) is 14.7. The van der Waals surface area contributed by atoms with Crippen LogP contribution in [0.25, 0.3) is 0 Å². The van der Waals surface area contributed by atoms with Gasteiger partial charge in [-0.3, -0.25) is 4.21 Å². The van der Waals surface area contributed by atoms with Crippen LogP contribution in [0.2, 0.25) is 0 Å². The van der Waals surface area contributed by atoms with Crippen LogP contribution in [0, 0.1) is 13.8 Å². The maximum atomic E-state index is 12.5. The molecule has 0 fully saturated rings. The van der Waals surface area contributed by atoms with E-state index in [1.54, 1.807) is 37.8 Å². The standard InChI is InChI=1S/C14H17NO3S2/c1-9-5-12(17-3)13(18-4)6-14(9)20(16)8-11-7-15-10(2)19-11/h5-7H,8H2,1-4H3/t20-/m0/s1. The van der Waals surface area contributed by atoms with Gasteiger partial charge in [-0.05, 0) is 25.5 Å². The fraction of sp³-hybridized carbons (Fsp3) is 0.357. The highest BCUT2D eigenvalue weighted by Crippen LogP contribution is 2.32. The molecule has 1 atom stereocenters. The summed E-state index contributed by atoms with van der Waals surface area (Å²) in [5.41, 5.74) is 0.933. The highest BCUT2D eigenvalue weighted by Gasteiger charge is 2.14. The van der Waals surface area contributed by atoms with Crippen LogP contribution in [0.1, 0.15) is 15.4 Å². The Balaban J connectivity index is 2.29. The van der Waals surface area contributed by atoms with E-state index in [1.807, 2.05) is 19.9 Å². The predicted molar refractivity (Wildman–Crippen MR) is 81.2 cm³/mol. The van der Waals surface area contributed by atoms with Gasteiger partial charge in [0.1, 0.15) is 0 Å². The third kappa shape index (κ3) is 3.19. The molecule has 0 spiro atoms. The van der Waals surface area contributed by atoms with Crippen LogP contribution in [0.4, 0.5) is 0 Å². The molecule has 0 aliphatic carbocycles. The van der Waals surface area contributed by atoms with Crippen molar-refractivity contribution in [2.45, 2.75) is 24.5 Å². The van der Waals surface area contributed by atoms with Gasteiger partial charge in [0.05, 0.1) is 35.8 Å². The van der Waals surface area contributed by atoms with E-state index in [0.717, 1.165) is 20.3 Å². The van der Waals surface area contributed by atoms with Gasteiger partial charge in [-0.2, -0.15) is 0 Å². The first-order valence-corrected chi connectivity index (χ1v) is 8.21. The molecule has 4 nitrogen and oxygen atoms in total. The summed E-state index contributed by atoms with van der Waals surface area (Å²) in [7, 11) is 2.05. The van der Waals surface area contributed by atoms with E-state index in [1.165, 1.54) is 0 Å². The SMILES string of the molecule is COc1cc(C)c([S@@](=O)Cc2cnc(C)s2)cc1OC. The van der Waals surface area contributed by atoms with Crippen molar-refractivity contribution in [1.29, 1.82) is 0 Å². The fourth-order valence-electron chi connectivity index (χ4n) is 1.89. The van der Waals surface area contributed by atoms with Gasteiger partial charge in [-0.25, -0.2) is 4.98 Å². The van der Waals surface area contributed by atoms with Crippen LogP contribution >= 0.6 is 11.3 Å². The van der Waals surface area contributed by atoms with Gasteiger partial charge in [-0.15, -0.1) is 11.3 Å². The molecule has 0 aliphatic heterocycles. The van der Waals surface area contributed by atoms with Crippen LogP contribution in [0.5, 0.6) is 11.5 Å². The molecule has 1 aromatic carbocycles. The number of aryl methyl sites for hydroxylation is 2. The minimum absolute atomic E-state index is 0.474. The summed E-state index contributed by atoms with van der Waals surface area (Å²) < 4.78 is 23.0. The molecule has 0 saturated heterocycles. The normalized spacial score (nSPS) is 12.2. The van der Waals surface area contributed by atoms with Crippen molar-refractivity contribution in [3.63, 3.8) is 0 Å². The van der Waals surface area contributed by atoms with E-state index < -0.39 is 10.8 Å². The quantitative estimate of drug-likeness (QED) is 0.851. The van der Waals surface area contributed by atoms with Crippen molar-refractivity contribution in [3.05, 3.63) is 33.8 Å². The van der Waals surface area contributed by atoms with Gasteiger partial charge >= 0.3 is 0 Å². The number of thiazole rings is 1. The van der Waals surface area contributed by atoms with Crippen LogP contribution in [0.3, 0.4) is 0 Å². The third-order valence-electron chi connectivity index (χ3n) is 2.87. The first kappa shape index (κ1) is 15.0. The zero-order valence-electron chi connectivity index (χ0n) is 11.9. The minimum Gasteiger partial charge on any atom is -0.493 e. The molecule has 0 aliphatic rings. The largest absolute Gasteiger partial charge is 0.493 e. The number of ether oxygens (including phenoxy) is 2. The lowest BCUT2D eigenvalue weighted by atomic mass is 10.2. The molecule has 2 aromatic rings. The lowest BCUT2D eigenvalue weighted by molar-refractivity contribution is 0.353. The number of hydrogen-bond acceptors (Lipinski definition) is 5. The molecule has 108 valence electrons. The van der Waals surface area contributed by atoms with Crippen molar-refractivity contribution in [2.75, 3.05) is 14.2 Å². The monoisotopic (exact) mass is 311 g/mol. The fourth-order valence-corrected chi connectivity index (χ4v) is 4.18. The first-order valence-electron chi connectivity index (χ1n) is 6.07. The molecule has 0 amide bonds. The second kappa shape index (κ2) is 6.37. The summed E-state index contributed by atoms with van der Waals surface area (Å²) in [5, 5.41) is 0.987. The number of aromatic nitrogens is 1. The summed E-state index contributed by atoms with van der Waals surface area (Å²) in [6, 6.07) is 3.64. The average molecular weight is 311 g/mol. The second-order valence-corrected chi connectivity index (χ2v) is 7.05. The Morgan fingerprint density at radius 2 is 1.85 bits per heavy atom. The summed E-state index contributed by atoms with van der Waals surface area (Å²) in [6.45, 7) is 3.87. The Morgan fingerprint density at radius 3 is 2.40 bits per heavy atom. The van der Waals surface area contributed by atoms with Crippen LogP contribution in [0.15, 0.2) is 23.2 Å². The predicted octanol–water partition coefficient (Wildman–Crippen LogP) is 3.08. The molecule has 0 saturated carbocycles. The maximum Gasteiger partial charge on any atom is 0.161 e. The molecule has 0 bridgehead atoms. The number of nitrogens with zero attached hydrogens (tertiary/aromatic N) is 1. The summed E-state index contributed by atoms with van der Waals surface area (Å²) in [5.74, 6) is 1.73. The van der Waals surface area contributed by atoms with Crippen LogP contribution in [-0.2, 0) is 16.6 Å². The second-order valence-electron chi connectivity index (χ2n) is 4.31. The molecule has 20 heavy (non-hydrogen) atoms. The Labute approximate surface area is 125 Å². The molecule has 1 heterocycles. The number of methoxy groups -OCH3 is 2. The molecular formula is C14H17NO3S2. The van der Waals surface area contributed by atoms with E-state index in [9.17, 15) is 4.21 Å². The minimum atomic E-state index is -1.12. The van der Waals surface area contributed by atoms with Gasteiger partial charge in [-0.1, -0.05) is 0 Å². The zero-order valence-corrected chi connectivity index (χ0v) is 13.6. The summed E-state index contributed by atoms with van der Waals surface area (Å²) in [6.07, 6.45) is 1.79. The maximum absolute atomic E-state index is 12.5. The lowest BCUT2D eigenvalue weighted by Crippen LogP contribution is -2.00. The molecule has 1 aromatic heterocycles. The number of hydrogen-bond donors (Lipinski definition) is 0. The topological polar surface area (TPSA) is 48.4 Å². The van der Waals surface area contributed by atoms with Gasteiger partial charge in [0.25, 0.3) is 0 Å². The molecule has 0 N–H and O–H groups in total. The van der Waals surface area contributed by atoms with Crippen LogP contribution < -0.4 is 9.47 Å². The van der Waals surface area contributed by atoms with E-state index >= 15 is 0 Å². The lowest BCUT2D eigenvalue weighted by Gasteiger charge is -2.12. The van der Waals surface area contributed by atoms with Gasteiger partial charge in [0, 0.05) is 22.0 Å². The molecule has 2 rings (SSSR count). The van der Waals surface area contributed by atoms with Crippen molar-refractivity contribution in [1.82, 2.24) is 4.98 Å². The number of rotatable bonds is 5. The van der Waals surface area contributed by atoms with Crippen molar-refractivity contribution < 1.29 is 13.7 Å². The van der Waals surface area contributed by atoms with Gasteiger partial charge in [0.15, 0.2) is 11.5 Å².